The van der Waals surface area contributed by atoms with Crippen LogP contribution in [0.2, 0.25) is 0 Å². The summed E-state index contributed by atoms with van der Waals surface area (Å²) >= 11 is 1.70. The average molecular weight is 248 g/mol. The van der Waals surface area contributed by atoms with Gasteiger partial charge in [0.05, 0.1) is 11.3 Å². The summed E-state index contributed by atoms with van der Waals surface area (Å²) in [4.78, 5) is 3.22. The second-order valence-electron chi connectivity index (χ2n) is 4.15. The van der Waals surface area contributed by atoms with Gasteiger partial charge in [0.1, 0.15) is 6.07 Å². The van der Waals surface area contributed by atoms with Crippen molar-refractivity contribution in [3.8, 4) is 6.07 Å². The Morgan fingerprint density at radius 3 is 2.88 bits per heavy atom. The molecule has 17 heavy (non-hydrogen) atoms. The minimum atomic E-state index is 0.238. The van der Waals surface area contributed by atoms with Crippen molar-refractivity contribution in [2.24, 2.45) is 5.92 Å². The Morgan fingerprint density at radius 2 is 2.29 bits per heavy atom. The lowest BCUT2D eigenvalue weighted by Gasteiger charge is -2.40. The summed E-state index contributed by atoms with van der Waals surface area (Å²) < 4.78 is 0. The van der Waals surface area contributed by atoms with Crippen LogP contribution in [0.5, 0.6) is 0 Å². The third-order valence-electron chi connectivity index (χ3n) is 2.97. The Bertz CT molecular complexity index is 436. The molecule has 0 aromatic heterocycles. The van der Waals surface area contributed by atoms with Gasteiger partial charge in [-0.3, -0.25) is 0 Å². The normalized spacial score (nSPS) is 15.5. The Hall–Kier alpha value is -1.18. The molecule has 0 aliphatic carbocycles. The maximum atomic E-state index is 9.28. The van der Waals surface area contributed by atoms with Crippen LogP contribution in [-0.2, 0) is 0 Å². The van der Waals surface area contributed by atoms with Crippen molar-refractivity contribution < 1.29 is 5.11 Å². The van der Waals surface area contributed by atoms with Gasteiger partial charge in [-0.05, 0) is 17.9 Å². The molecular formula is C13H16N2OS. The number of thioether (sulfide) groups is 1. The SMILES string of the molecule is CCSc1cccc(N2CC(CO)C2)c1C#N. The van der Waals surface area contributed by atoms with Gasteiger partial charge in [0.15, 0.2) is 0 Å². The molecule has 1 saturated heterocycles. The molecule has 4 heteroatoms. The van der Waals surface area contributed by atoms with E-state index in [4.69, 9.17) is 5.11 Å². The maximum absolute atomic E-state index is 9.28. The van der Waals surface area contributed by atoms with Crippen LogP contribution in [0, 0.1) is 17.2 Å². The zero-order valence-corrected chi connectivity index (χ0v) is 10.7. The van der Waals surface area contributed by atoms with Gasteiger partial charge >= 0.3 is 0 Å². The zero-order valence-electron chi connectivity index (χ0n) is 9.89. The van der Waals surface area contributed by atoms with Crippen molar-refractivity contribution in [1.29, 1.82) is 5.26 Å². The molecule has 1 aliphatic heterocycles. The van der Waals surface area contributed by atoms with Crippen molar-refractivity contribution in [3.05, 3.63) is 23.8 Å². The van der Waals surface area contributed by atoms with Gasteiger partial charge < -0.3 is 10.0 Å². The van der Waals surface area contributed by atoms with E-state index in [2.05, 4.69) is 17.9 Å². The van der Waals surface area contributed by atoms with Gasteiger partial charge in [-0.25, -0.2) is 0 Å². The van der Waals surface area contributed by atoms with E-state index in [1.807, 2.05) is 18.2 Å². The summed E-state index contributed by atoms with van der Waals surface area (Å²) in [6.07, 6.45) is 0. The molecule has 0 saturated carbocycles. The molecule has 2 rings (SSSR count). The molecule has 1 aliphatic rings. The van der Waals surface area contributed by atoms with E-state index in [0.717, 1.165) is 35.0 Å². The van der Waals surface area contributed by atoms with Crippen LogP contribution in [0.3, 0.4) is 0 Å². The molecule has 0 amide bonds. The minimum absolute atomic E-state index is 0.238. The summed E-state index contributed by atoms with van der Waals surface area (Å²) in [6.45, 7) is 4.03. The van der Waals surface area contributed by atoms with E-state index in [1.54, 1.807) is 11.8 Å². The van der Waals surface area contributed by atoms with Gasteiger partial charge in [0.25, 0.3) is 0 Å². The number of anilines is 1. The Labute approximate surface area is 106 Å². The number of benzene rings is 1. The third kappa shape index (κ3) is 2.41. The molecule has 90 valence electrons. The van der Waals surface area contributed by atoms with Crippen LogP contribution < -0.4 is 4.90 Å². The molecule has 3 nitrogen and oxygen atoms in total. The fourth-order valence-electron chi connectivity index (χ4n) is 2.05. The molecule has 1 aromatic carbocycles. The summed E-state index contributed by atoms with van der Waals surface area (Å²) in [6, 6.07) is 8.30. The van der Waals surface area contributed by atoms with E-state index >= 15 is 0 Å². The maximum Gasteiger partial charge on any atom is 0.103 e. The van der Waals surface area contributed by atoms with Crippen molar-refractivity contribution in [1.82, 2.24) is 0 Å². The van der Waals surface area contributed by atoms with Crippen LogP contribution >= 0.6 is 11.8 Å². The summed E-state index contributed by atoms with van der Waals surface area (Å²) in [5.41, 5.74) is 1.78. The molecule has 1 heterocycles. The van der Waals surface area contributed by atoms with Crippen LogP contribution in [-0.4, -0.2) is 30.6 Å². The van der Waals surface area contributed by atoms with Crippen LogP contribution in [0.4, 0.5) is 5.69 Å². The number of aliphatic hydroxyl groups is 1. The number of rotatable bonds is 4. The van der Waals surface area contributed by atoms with Gasteiger partial charge in [-0.15, -0.1) is 11.8 Å². The highest BCUT2D eigenvalue weighted by atomic mass is 32.2. The van der Waals surface area contributed by atoms with E-state index in [1.165, 1.54) is 0 Å². The molecular weight excluding hydrogens is 232 g/mol. The lowest BCUT2D eigenvalue weighted by atomic mass is 9.99. The first-order valence-corrected chi connectivity index (χ1v) is 6.80. The average Bonchev–Trinajstić information content (AvgIpc) is 2.28. The van der Waals surface area contributed by atoms with Gasteiger partial charge in [0.2, 0.25) is 0 Å². The first-order valence-electron chi connectivity index (χ1n) is 5.81. The number of hydrogen-bond acceptors (Lipinski definition) is 4. The summed E-state index contributed by atoms with van der Waals surface area (Å²) in [5.74, 6) is 1.33. The highest BCUT2D eigenvalue weighted by Gasteiger charge is 2.28. The lowest BCUT2D eigenvalue weighted by Crippen LogP contribution is -2.48. The quantitative estimate of drug-likeness (QED) is 0.829. The topological polar surface area (TPSA) is 47.3 Å². The molecule has 0 bridgehead atoms. The van der Waals surface area contributed by atoms with E-state index in [9.17, 15) is 5.26 Å². The second-order valence-corrected chi connectivity index (χ2v) is 5.45. The standard InChI is InChI=1S/C13H16N2OS/c1-2-17-13-5-3-4-12(11(13)6-14)15-7-10(8-15)9-16/h3-5,10,16H,2,7-9H2,1H3. The van der Waals surface area contributed by atoms with Gasteiger partial charge in [0, 0.05) is 30.5 Å². The summed E-state index contributed by atoms with van der Waals surface area (Å²) in [5, 5.41) is 18.3. The Balaban J connectivity index is 2.23. The number of nitriles is 1. The fourth-order valence-corrected chi connectivity index (χ4v) is 2.83. The van der Waals surface area contributed by atoms with E-state index in [0.29, 0.717) is 5.92 Å². The second kappa shape index (κ2) is 5.44. The number of nitrogens with zero attached hydrogens (tertiary/aromatic N) is 2. The van der Waals surface area contributed by atoms with Gasteiger partial charge in [-0.1, -0.05) is 13.0 Å². The first kappa shape index (κ1) is 12.3. The van der Waals surface area contributed by atoms with Gasteiger partial charge in [-0.2, -0.15) is 5.26 Å². The van der Waals surface area contributed by atoms with E-state index in [-0.39, 0.29) is 6.61 Å². The molecule has 1 N–H and O–H groups in total. The predicted octanol–water partition coefficient (Wildman–Crippen LogP) is 2.10. The molecule has 0 spiro atoms. The molecule has 1 fully saturated rings. The third-order valence-corrected chi connectivity index (χ3v) is 3.91. The molecule has 0 radical (unpaired) electrons. The Morgan fingerprint density at radius 1 is 1.53 bits per heavy atom. The lowest BCUT2D eigenvalue weighted by molar-refractivity contribution is 0.200. The predicted molar refractivity (Wildman–Crippen MR) is 70.3 cm³/mol. The number of aliphatic hydroxyl groups excluding tert-OH is 1. The Kier molecular flexibility index (Phi) is 3.93. The smallest absolute Gasteiger partial charge is 0.103 e. The van der Waals surface area contributed by atoms with Crippen molar-refractivity contribution in [3.63, 3.8) is 0 Å². The molecule has 0 unspecified atom stereocenters. The van der Waals surface area contributed by atoms with Crippen molar-refractivity contribution in [2.45, 2.75) is 11.8 Å². The highest BCUT2D eigenvalue weighted by molar-refractivity contribution is 7.99. The van der Waals surface area contributed by atoms with Crippen LogP contribution in [0.1, 0.15) is 12.5 Å². The monoisotopic (exact) mass is 248 g/mol. The zero-order chi connectivity index (χ0) is 12.3. The highest BCUT2D eigenvalue weighted by Crippen LogP contribution is 2.33. The van der Waals surface area contributed by atoms with Crippen molar-refractivity contribution in [2.75, 3.05) is 30.3 Å². The van der Waals surface area contributed by atoms with E-state index < -0.39 is 0 Å². The number of hydrogen-bond donors (Lipinski definition) is 1. The molecule has 1 aromatic rings. The van der Waals surface area contributed by atoms with Crippen molar-refractivity contribution >= 4 is 17.4 Å². The minimum Gasteiger partial charge on any atom is -0.396 e. The summed E-state index contributed by atoms with van der Waals surface area (Å²) in [7, 11) is 0. The largest absolute Gasteiger partial charge is 0.396 e. The molecule has 0 atom stereocenters. The van der Waals surface area contributed by atoms with Crippen LogP contribution in [0.25, 0.3) is 0 Å². The first-order chi connectivity index (χ1) is 8.30. The van der Waals surface area contributed by atoms with Crippen LogP contribution in [0.15, 0.2) is 23.1 Å². The fraction of sp³-hybridized carbons (Fsp3) is 0.462.